The summed E-state index contributed by atoms with van der Waals surface area (Å²) in [4.78, 5) is 90.1. The average molecular weight is 922 g/mol. The number of β-lactam (4-membered cyclic amide) rings is 1. The number of rotatable bonds is 18. The summed E-state index contributed by atoms with van der Waals surface area (Å²) in [5.74, 6) is -3.33. The maximum Gasteiger partial charge on any atom is 0.413 e. The van der Waals surface area contributed by atoms with Crippen LogP contribution in [-0.2, 0) is 51.9 Å². The van der Waals surface area contributed by atoms with Crippen molar-refractivity contribution in [2.75, 3.05) is 11.9 Å². The molecule has 2 atom stereocenters. The van der Waals surface area contributed by atoms with Crippen LogP contribution in [-0.4, -0.2) is 83.1 Å². The van der Waals surface area contributed by atoms with Crippen molar-refractivity contribution in [3.05, 3.63) is 105 Å². The zero-order valence-corrected chi connectivity index (χ0v) is 38.2. The highest BCUT2D eigenvalue weighted by atomic mass is 32.2. The fourth-order valence-electron chi connectivity index (χ4n) is 5.67. The number of amides is 3. The van der Waals surface area contributed by atoms with Gasteiger partial charge in [0.05, 0.1) is 23.4 Å². The minimum atomic E-state index is -4.06. The summed E-state index contributed by atoms with van der Waals surface area (Å²) in [7, 11) is -4.06. The third-order valence-corrected chi connectivity index (χ3v) is 11.1. The molecular weight excluding hydrogens is 871 g/mol. The Morgan fingerprint density at radius 3 is 2.20 bits per heavy atom. The molecule has 0 saturated carbocycles. The molecule has 4 aromatic rings. The van der Waals surface area contributed by atoms with Gasteiger partial charge in [-0.05, 0) is 85.2 Å². The number of nitrogens with zero attached hydrogens (tertiary/aromatic N) is 2. The maximum absolute atomic E-state index is 13.9. The number of hydrogen-bond acceptors (Lipinski definition) is 15. The van der Waals surface area contributed by atoms with Gasteiger partial charge in [0.15, 0.2) is 22.4 Å². The third-order valence-electron chi connectivity index (χ3n) is 8.97. The van der Waals surface area contributed by atoms with Gasteiger partial charge in [-0.2, -0.15) is 0 Å². The largest absolute Gasteiger partial charge is 0.483 e. The Balaban J connectivity index is 1.19. The smallest absolute Gasteiger partial charge is 0.413 e. The van der Waals surface area contributed by atoms with E-state index >= 15 is 0 Å². The predicted octanol–water partition coefficient (Wildman–Crippen LogP) is 4.58. The van der Waals surface area contributed by atoms with Gasteiger partial charge in [-0.25, -0.2) is 27.7 Å². The molecule has 2 aromatic carbocycles. The molecule has 1 aliphatic heterocycles. The Morgan fingerprint density at radius 1 is 0.906 bits per heavy atom. The monoisotopic (exact) mass is 921 g/mol. The highest BCUT2D eigenvalue weighted by Crippen LogP contribution is 2.25. The number of thiazole rings is 1. The molecular formula is C43H51N7O12S2. The number of H-pyrrole nitrogens is 1. The molecule has 0 spiro atoms. The number of oxime groups is 1. The van der Waals surface area contributed by atoms with E-state index in [1.165, 1.54) is 55.8 Å². The molecule has 5 N–H and O–H groups in total. The van der Waals surface area contributed by atoms with Gasteiger partial charge < -0.3 is 34.7 Å². The summed E-state index contributed by atoms with van der Waals surface area (Å²) in [6.45, 7) is 12.8. The van der Waals surface area contributed by atoms with Gasteiger partial charge in [0.25, 0.3) is 5.91 Å². The van der Waals surface area contributed by atoms with Crippen LogP contribution >= 0.6 is 11.3 Å². The number of hydrogen-bond donors (Lipinski definition) is 5. The Kier molecular flexibility index (Phi) is 15.1. The minimum absolute atomic E-state index is 0.0138. The first-order chi connectivity index (χ1) is 29.9. The normalized spacial score (nSPS) is 15.6. The molecule has 1 aliphatic rings. The van der Waals surface area contributed by atoms with E-state index in [1.54, 1.807) is 41.5 Å². The molecule has 19 nitrogen and oxygen atoms in total. The van der Waals surface area contributed by atoms with Crippen LogP contribution in [0.3, 0.4) is 0 Å². The number of aromatic amines is 1. The number of nitrogens with one attached hydrogen (secondary N) is 5. The summed E-state index contributed by atoms with van der Waals surface area (Å²) >= 11 is 0.969. The number of carbonyl (C=O) groups excluding carboxylic acids is 5. The summed E-state index contributed by atoms with van der Waals surface area (Å²) in [5, 5.41) is 13.4. The Morgan fingerprint density at radius 2 is 1.58 bits per heavy atom. The van der Waals surface area contributed by atoms with Crippen molar-refractivity contribution in [3.63, 3.8) is 0 Å². The number of benzene rings is 2. The highest BCUT2D eigenvalue weighted by molar-refractivity contribution is 7.89. The quantitative estimate of drug-likeness (QED) is 0.0397. The lowest BCUT2D eigenvalue weighted by atomic mass is 9.84. The van der Waals surface area contributed by atoms with Gasteiger partial charge in [-0.3, -0.25) is 24.5 Å². The number of sulfonamides is 1. The van der Waals surface area contributed by atoms with Gasteiger partial charge in [-0.15, -0.1) is 11.3 Å². The molecule has 21 heteroatoms. The van der Waals surface area contributed by atoms with Crippen molar-refractivity contribution in [2.24, 2.45) is 11.1 Å². The standard InChI is InChI=1S/C43H51N7O12S2/c1-41(2,3)60-38(55)43(7,8)62-50-35(31-24-63-39(48-31)49-40(56)61-42(4,5)6)33(52)19-29-30(47-37(29)54)21-45-36(53)26-14-16-28(17-15-26)64(57,58)46-20-27-18-32(51)34(22-44-27)59-23-25-12-10-9-11-13-25/h9-18,22,24,29-30,46H,19-21,23H2,1-8H3,(H,44,51)(H,45,53)(H,47,54)(H,48,49,56)/b50-35-/t29-,30+/m0/s1. The van der Waals surface area contributed by atoms with Crippen LogP contribution in [0.4, 0.5) is 9.93 Å². The highest BCUT2D eigenvalue weighted by Gasteiger charge is 2.42. The van der Waals surface area contributed by atoms with Crippen molar-refractivity contribution >= 4 is 61.9 Å². The molecule has 1 fully saturated rings. The molecule has 3 amide bonds. The summed E-state index contributed by atoms with van der Waals surface area (Å²) < 4.78 is 44.8. The van der Waals surface area contributed by atoms with Crippen LogP contribution in [0.2, 0.25) is 0 Å². The Hall–Kier alpha value is -6.45. The summed E-state index contributed by atoms with van der Waals surface area (Å²) in [6, 6.07) is 15.0. The van der Waals surface area contributed by atoms with Crippen LogP contribution in [0.5, 0.6) is 5.75 Å². The maximum atomic E-state index is 13.9. The average Bonchev–Trinajstić information content (AvgIpc) is 3.66. The first-order valence-corrected chi connectivity index (χ1v) is 22.3. The number of ketones is 1. The number of pyridine rings is 1. The number of esters is 1. The van der Waals surface area contributed by atoms with Gasteiger partial charge in [0.2, 0.25) is 27.0 Å². The van der Waals surface area contributed by atoms with Crippen LogP contribution in [0.25, 0.3) is 0 Å². The molecule has 3 heterocycles. The van der Waals surface area contributed by atoms with E-state index < -0.39 is 80.3 Å². The van der Waals surface area contributed by atoms with E-state index in [0.717, 1.165) is 16.9 Å². The third kappa shape index (κ3) is 13.8. The van der Waals surface area contributed by atoms with Crippen molar-refractivity contribution in [1.82, 2.24) is 25.3 Å². The van der Waals surface area contributed by atoms with Gasteiger partial charge in [0.1, 0.15) is 23.5 Å². The van der Waals surface area contributed by atoms with E-state index in [4.69, 9.17) is 19.0 Å². The Bertz CT molecular complexity index is 2560. The SMILES string of the molecule is CC(C)(C)OC(=O)Nc1nc(/C(=N/OC(C)(C)C(=O)OC(C)(C)C)C(=O)C[C@@H]2C(=O)N[C@@H]2CNC(=O)c2ccc(S(=O)(=O)NCc3cc(=O)c(OCc4ccccc4)c[nH]3)cc2)cs1. The van der Waals surface area contributed by atoms with E-state index in [0.29, 0.717) is 5.69 Å². The first kappa shape index (κ1) is 48.6. The summed E-state index contributed by atoms with van der Waals surface area (Å²) in [6.07, 6.45) is 0.184. The van der Waals surface area contributed by atoms with Crippen LogP contribution in [0.15, 0.2) is 87.1 Å². The molecule has 64 heavy (non-hydrogen) atoms. The zero-order chi connectivity index (χ0) is 47.0. The number of carbonyl (C=O) groups is 5. The van der Waals surface area contributed by atoms with Crippen molar-refractivity contribution in [3.8, 4) is 5.75 Å². The molecule has 0 unspecified atom stereocenters. The minimum Gasteiger partial charge on any atom is -0.483 e. The topological polar surface area (TPSA) is 263 Å². The second kappa shape index (κ2) is 19.9. The number of aromatic nitrogens is 2. The fraction of sp³-hybridized carbons (Fsp3) is 0.395. The van der Waals surface area contributed by atoms with Crippen molar-refractivity contribution in [1.29, 1.82) is 0 Å². The number of Topliss-reactive ketones (excluding diaryl/α,β-unsaturated/α-hetero) is 1. The first-order valence-electron chi connectivity index (χ1n) is 19.9. The number of ether oxygens (including phenoxy) is 3. The zero-order valence-electron chi connectivity index (χ0n) is 36.5. The van der Waals surface area contributed by atoms with Gasteiger partial charge in [-0.1, -0.05) is 35.5 Å². The summed E-state index contributed by atoms with van der Waals surface area (Å²) in [5.41, 5.74) is -2.79. The van der Waals surface area contributed by atoms with Gasteiger partial charge >= 0.3 is 12.1 Å². The van der Waals surface area contributed by atoms with E-state index in [2.05, 4.69) is 35.8 Å². The second-order valence-electron chi connectivity index (χ2n) is 17.1. The Labute approximate surface area is 373 Å². The number of anilines is 1. The lowest BCUT2D eigenvalue weighted by Crippen LogP contribution is -2.62. The van der Waals surface area contributed by atoms with E-state index in [1.807, 2.05) is 30.3 Å². The van der Waals surface area contributed by atoms with Gasteiger partial charge in [0, 0.05) is 41.9 Å². The molecule has 0 aliphatic carbocycles. The van der Waals surface area contributed by atoms with E-state index in [-0.39, 0.29) is 52.4 Å². The van der Waals surface area contributed by atoms with Crippen molar-refractivity contribution < 1.29 is 51.4 Å². The molecule has 342 valence electrons. The molecule has 2 aromatic heterocycles. The van der Waals surface area contributed by atoms with E-state index in [9.17, 15) is 37.2 Å². The van der Waals surface area contributed by atoms with Crippen LogP contribution in [0, 0.1) is 5.92 Å². The fourth-order valence-corrected chi connectivity index (χ4v) is 7.36. The second-order valence-corrected chi connectivity index (χ2v) is 19.7. The molecule has 0 bridgehead atoms. The molecule has 0 radical (unpaired) electrons. The lowest BCUT2D eigenvalue weighted by molar-refractivity contribution is -0.179. The van der Waals surface area contributed by atoms with Crippen molar-refractivity contribution in [2.45, 2.75) is 103 Å². The van der Waals surface area contributed by atoms with Crippen LogP contribution < -0.4 is 30.8 Å². The molecule has 1 saturated heterocycles. The lowest BCUT2D eigenvalue weighted by Gasteiger charge is -2.36. The van der Waals surface area contributed by atoms with Crippen LogP contribution in [0.1, 0.15) is 89.1 Å². The molecule has 5 rings (SSSR count). The predicted molar refractivity (Wildman–Crippen MR) is 235 cm³/mol.